The van der Waals surface area contributed by atoms with Crippen LogP contribution in [0.5, 0.6) is 5.75 Å². The molecular formula is C22H20FNO3S. The highest BCUT2D eigenvalue weighted by molar-refractivity contribution is 7.10. The van der Waals surface area contributed by atoms with E-state index < -0.39 is 0 Å². The minimum atomic E-state index is -0.380. The van der Waals surface area contributed by atoms with E-state index in [2.05, 4.69) is 5.32 Å². The molecule has 2 aromatic carbocycles. The maximum Gasteiger partial charge on any atom is 0.225 e. The van der Waals surface area contributed by atoms with E-state index in [0.717, 1.165) is 10.4 Å². The summed E-state index contributed by atoms with van der Waals surface area (Å²) in [6, 6.07) is 14.6. The van der Waals surface area contributed by atoms with Crippen LogP contribution >= 0.6 is 11.3 Å². The van der Waals surface area contributed by atoms with Crippen molar-refractivity contribution in [3.05, 3.63) is 87.4 Å². The number of rotatable bonds is 7. The third-order valence-electron chi connectivity index (χ3n) is 4.37. The van der Waals surface area contributed by atoms with Crippen LogP contribution in [0.2, 0.25) is 0 Å². The second kappa shape index (κ2) is 8.80. The van der Waals surface area contributed by atoms with Crippen LogP contribution in [0.15, 0.2) is 60.0 Å². The Morgan fingerprint density at radius 1 is 1.14 bits per heavy atom. The summed E-state index contributed by atoms with van der Waals surface area (Å²) in [5, 5.41) is 4.94. The average molecular weight is 397 g/mol. The molecule has 1 heterocycles. The van der Waals surface area contributed by atoms with Crippen molar-refractivity contribution in [2.75, 3.05) is 7.11 Å². The van der Waals surface area contributed by atoms with Crippen molar-refractivity contribution in [2.24, 2.45) is 0 Å². The molecule has 3 aromatic rings. The van der Waals surface area contributed by atoms with Gasteiger partial charge < -0.3 is 10.1 Å². The lowest BCUT2D eigenvalue weighted by Gasteiger charge is -2.19. The Labute approximate surface area is 167 Å². The van der Waals surface area contributed by atoms with Crippen molar-refractivity contribution in [3.63, 3.8) is 0 Å². The van der Waals surface area contributed by atoms with Gasteiger partial charge in [0, 0.05) is 16.0 Å². The number of amides is 1. The van der Waals surface area contributed by atoms with Crippen LogP contribution in [0.4, 0.5) is 4.39 Å². The third-order valence-corrected chi connectivity index (χ3v) is 5.31. The van der Waals surface area contributed by atoms with Crippen molar-refractivity contribution in [1.82, 2.24) is 5.32 Å². The summed E-state index contributed by atoms with van der Waals surface area (Å²) in [5.41, 5.74) is 1.95. The number of methoxy groups -OCH3 is 1. The van der Waals surface area contributed by atoms with E-state index in [-0.39, 0.29) is 30.0 Å². The first-order valence-electron chi connectivity index (χ1n) is 8.74. The lowest BCUT2D eigenvalue weighted by atomic mass is 10.0. The SMILES string of the molecule is COc1ccc(C(C)=O)cc1CC(=O)NC(c1ccc(F)cc1)c1cccs1. The maximum atomic E-state index is 13.3. The van der Waals surface area contributed by atoms with E-state index in [1.165, 1.54) is 37.5 Å². The fourth-order valence-electron chi connectivity index (χ4n) is 2.95. The fraction of sp³-hybridized carbons (Fsp3) is 0.182. The molecular weight excluding hydrogens is 377 g/mol. The lowest BCUT2D eigenvalue weighted by Crippen LogP contribution is -2.30. The average Bonchev–Trinajstić information content (AvgIpc) is 3.21. The molecule has 0 saturated carbocycles. The van der Waals surface area contributed by atoms with Gasteiger partial charge in [0.05, 0.1) is 19.6 Å². The second-order valence-corrected chi connectivity index (χ2v) is 7.31. The zero-order chi connectivity index (χ0) is 20.1. The molecule has 144 valence electrons. The van der Waals surface area contributed by atoms with Crippen LogP contribution in [-0.2, 0) is 11.2 Å². The van der Waals surface area contributed by atoms with Crippen molar-refractivity contribution >= 4 is 23.0 Å². The first-order valence-corrected chi connectivity index (χ1v) is 9.62. The van der Waals surface area contributed by atoms with Gasteiger partial charge in [-0.15, -0.1) is 11.3 Å². The monoisotopic (exact) mass is 397 g/mol. The van der Waals surface area contributed by atoms with Gasteiger partial charge >= 0.3 is 0 Å². The van der Waals surface area contributed by atoms with Gasteiger partial charge in [0.2, 0.25) is 5.91 Å². The molecule has 1 N–H and O–H groups in total. The Morgan fingerprint density at radius 3 is 2.50 bits per heavy atom. The summed E-state index contributed by atoms with van der Waals surface area (Å²) < 4.78 is 18.6. The summed E-state index contributed by atoms with van der Waals surface area (Å²) in [4.78, 5) is 25.4. The van der Waals surface area contributed by atoms with Gasteiger partial charge in [-0.3, -0.25) is 9.59 Å². The molecule has 0 bridgehead atoms. The Kier molecular flexibility index (Phi) is 6.21. The molecule has 0 aliphatic rings. The third kappa shape index (κ3) is 4.64. The molecule has 28 heavy (non-hydrogen) atoms. The number of hydrogen-bond acceptors (Lipinski definition) is 4. The molecule has 6 heteroatoms. The molecule has 0 spiro atoms. The Morgan fingerprint density at radius 2 is 1.89 bits per heavy atom. The van der Waals surface area contributed by atoms with Crippen molar-refractivity contribution < 1.29 is 18.7 Å². The fourth-order valence-corrected chi connectivity index (χ4v) is 3.75. The largest absolute Gasteiger partial charge is 0.496 e. The van der Waals surface area contributed by atoms with Gasteiger partial charge in [0.25, 0.3) is 0 Å². The van der Waals surface area contributed by atoms with E-state index in [1.807, 2.05) is 17.5 Å². The van der Waals surface area contributed by atoms with Crippen LogP contribution in [0.25, 0.3) is 0 Å². The van der Waals surface area contributed by atoms with Gasteiger partial charge in [-0.2, -0.15) is 0 Å². The smallest absolute Gasteiger partial charge is 0.225 e. The second-order valence-electron chi connectivity index (χ2n) is 6.33. The minimum Gasteiger partial charge on any atom is -0.496 e. The Bertz CT molecular complexity index is 968. The van der Waals surface area contributed by atoms with E-state index >= 15 is 0 Å². The molecule has 0 aliphatic carbocycles. The molecule has 0 fully saturated rings. The highest BCUT2D eigenvalue weighted by atomic mass is 32.1. The van der Waals surface area contributed by atoms with Gasteiger partial charge in [0.1, 0.15) is 11.6 Å². The number of ether oxygens (including phenoxy) is 1. The van der Waals surface area contributed by atoms with Crippen LogP contribution < -0.4 is 10.1 Å². The maximum absolute atomic E-state index is 13.3. The highest BCUT2D eigenvalue weighted by Crippen LogP contribution is 2.27. The first-order chi connectivity index (χ1) is 13.5. The van der Waals surface area contributed by atoms with Gasteiger partial charge in [-0.05, 0) is 54.3 Å². The summed E-state index contributed by atoms with van der Waals surface area (Å²) in [5.74, 6) is -0.0748. The van der Waals surface area contributed by atoms with Crippen LogP contribution in [-0.4, -0.2) is 18.8 Å². The highest BCUT2D eigenvalue weighted by Gasteiger charge is 2.19. The predicted octanol–water partition coefficient (Wildman–Crippen LogP) is 4.55. The summed E-state index contributed by atoms with van der Waals surface area (Å²) in [6.07, 6.45) is 0.0629. The summed E-state index contributed by atoms with van der Waals surface area (Å²) in [7, 11) is 1.52. The summed E-state index contributed by atoms with van der Waals surface area (Å²) >= 11 is 1.51. The molecule has 1 atom stereocenters. The molecule has 1 unspecified atom stereocenters. The number of ketones is 1. The zero-order valence-corrected chi connectivity index (χ0v) is 16.4. The predicted molar refractivity (Wildman–Crippen MR) is 107 cm³/mol. The number of halogens is 1. The quantitative estimate of drug-likeness (QED) is 0.595. The number of benzene rings is 2. The number of hydrogen-bond donors (Lipinski definition) is 1. The standard InChI is InChI=1S/C22H20FNO3S/c1-14(25)16-7-10-19(27-2)17(12-16)13-21(26)24-22(20-4-3-11-28-20)15-5-8-18(23)9-6-15/h3-12,22H,13H2,1-2H3,(H,24,26). The van der Waals surface area contributed by atoms with Gasteiger partial charge in [0.15, 0.2) is 5.78 Å². The van der Waals surface area contributed by atoms with Crippen molar-refractivity contribution in [1.29, 1.82) is 0 Å². The van der Waals surface area contributed by atoms with Gasteiger partial charge in [-0.25, -0.2) is 4.39 Å². The molecule has 0 aliphatic heterocycles. The van der Waals surface area contributed by atoms with Gasteiger partial charge in [-0.1, -0.05) is 18.2 Å². The van der Waals surface area contributed by atoms with Crippen molar-refractivity contribution in [2.45, 2.75) is 19.4 Å². The normalized spacial score (nSPS) is 11.7. The number of carbonyl (C=O) groups excluding carboxylic acids is 2. The molecule has 0 saturated heterocycles. The topological polar surface area (TPSA) is 55.4 Å². The Hall–Kier alpha value is -2.99. The zero-order valence-electron chi connectivity index (χ0n) is 15.6. The van der Waals surface area contributed by atoms with Crippen LogP contribution in [0.3, 0.4) is 0 Å². The number of Topliss-reactive ketones (excluding diaryl/α,β-unsaturated/α-hetero) is 1. The van der Waals surface area contributed by atoms with E-state index in [1.54, 1.807) is 30.3 Å². The number of nitrogens with one attached hydrogen (secondary N) is 1. The lowest BCUT2D eigenvalue weighted by molar-refractivity contribution is -0.120. The van der Waals surface area contributed by atoms with Crippen molar-refractivity contribution in [3.8, 4) is 5.75 Å². The molecule has 4 nitrogen and oxygen atoms in total. The van der Waals surface area contributed by atoms with Crippen LogP contribution in [0, 0.1) is 5.82 Å². The number of carbonyl (C=O) groups is 2. The summed E-state index contributed by atoms with van der Waals surface area (Å²) in [6.45, 7) is 1.48. The Balaban J connectivity index is 1.84. The van der Waals surface area contributed by atoms with E-state index in [9.17, 15) is 14.0 Å². The molecule has 0 radical (unpaired) electrons. The van der Waals surface area contributed by atoms with Crippen LogP contribution in [0.1, 0.15) is 39.3 Å². The molecule has 1 amide bonds. The first kappa shape index (κ1) is 19.8. The van der Waals surface area contributed by atoms with E-state index in [0.29, 0.717) is 16.9 Å². The minimum absolute atomic E-state index is 0.0629. The molecule has 1 aromatic heterocycles. The van der Waals surface area contributed by atoms with E-state index in [4.69, 9.17) is 4.74 Å². The molecule has 3 rings (SSSR count). The number of thiophene rings is 1.